The Bertz CT molecular complexity index is 911. The van der Waals surface area contributed by atoms with Crippen molar-refractivity contribution in [2.75, 3.05) is 24.9 Å². The van der Waals surface area contributed by atoms with E-state index in [1.54, 1.807) is 44.7 Å². The van der Waals surface area contributed by atoms with Crippen LogP contribution in [0.1, 0.15) is 12.7 Å². The third-order valence-electron chi connectivity index (χ3n) is 3.72. The maximum atomic E-state index is 12.8. The van der Waals surface area contributed by atoms with Crippen molar-refractivity contribution in [2.24, 2.45) is 0 Å². The number of amides is 1. The van der Waals surface area contributed by atoms with Crippen LogP contribution in [0.3, 0.4) is 0 Å². The molecule has 0 radical (unpaired) electrons. The highest BCUT2D eigenvalue weighted by molar-refractivity contribution is 8.14. The fraction of sp³-hybridized carbons (Fsp3) is 0.278. The van der Waals surface area contributed by atoms with Crippen molar-refractivity contribution in [3.63, 3.8) is 0 Å². The Morgan fingerprint density at radius 1 is 1.22 bits per heavy atom. The Labute approximate surface area is 164 Å². The average Bonchev–Trinajstić information content (AvgIpc) is 3.32. The molecule has 142 valence electrons. The molecule has 2 aromatic heterocycles. The normalized spacial score (nSPS) is 10.8. The lowest BCUT2D eigenvalue weighted by atomic mass is 10.3. The maximum absolute atomic E-state index is 12.8. The molecule has 2 heterocycles. The van der Waals surface area contributed by atoms with Gasteiger partial charge < -0.3 is 13.9 Å². The van der Waals surface area contributed by atoms with Crippen LogP contribution in [0.4, 0.5) is 5.13 Å². The minimum absolute atomic E-state index is 0.0280. The van der Waals surface area contributed by atoms with E-state index in [0.29, 0.717) is 27.9 Å². The standard InChI is InChI=1S/C18H18N2O5S2/c1-11(21)26-10-15(22)20(9-12-5-4-8-25-12)18-19-16-13(23-2)6-7-14(24-3)17(16)27-18/h4-8H,9-10H2,1-3H3. The van der Waals surface area contributed by atoms with Gasteiger partial charge in [-0.15, -0.1) is 0 Å². The van der Waals surface area contributed by atoms with Gasteiger partial charge >= 0.3 is 0 Å². The van der Waals surface area contributed by atoms with E-state index >= 15 is 0 Å². The monoisotopic (exact) mass is 406 g/mol. The van der Waals surface area contributed by atoms with Crippen LogP contribution in [0.2, 0.25) is 0 Å². The van der Waals surface area contributed by atoms with Crippen molar-refractivity contribution >= 4 is 49.5 Å². The van der Waals surface area contributed by atoms with Gasteiger partial charge in [-0.25, -0.2) is 4.98 Å². The van der Waals surface area contributed by atoms with Gasteiger partial charge in [-0.2, -0.15) is 0 Å². The van der Waals surface area contributed by atoms with Gasteiger partial charge in [0.15, 0.2) is 10.2 Å². The van der Waals surface area contributed by atoms with Crippen molar-refractivity contribution < 1.29 is 23.5 Å². The highest BCUT2D eigenvalue weighted by Gasteiger charge is 2.24. The quantitative estimate of drug-likeness (QED) is 0.591. The van der Waals surface area contributed by atoms with Crippen molar-refractivity contribution in [2.45, 2.75) is 13.5 Å². The van der Waals surface area contributed by atoms with Crippen molar-refractivity contribution in [1.82, 2.24) is 4.98 Å². The third-order valence-corrected chi connectivity index (χ3v) is 5.61. The van der Waals surface area contributed by atoms with E-state index in [2.05, 4.69) is 4.98 Å². The van der Waals surface area contributed by atoms with Crippen molar-refractivity contribution in [1.29, 1.82) is 0 Å². The number of rotatable bonds is 7. The first kappa shape index (κ1) is 19.2. The number of anilines is 1. The van der Waals surface area contributed by atoms with Gasteiger partial charge in [0.25, 0.3) is 0 Å². The molecule has 0 N–H and O–H groups in total. The predicted octanol–water partition coefficient (Wildman–Crippen LogP) is 3.72. The third kappa shape index (κ3) is 4.25. The molecule has 0 spiro atoms. The van der Waals surface area contributed by atoms with Crippen molar-refractivity contribution in [3.8, 4) is 11.5 Å². The number of methoxy groups -OCH3 is 2. The van der Waals surface area contributed by atoms with Gasteiger partial charge in [0.2, 0.25) is 5.91 Å². The number of hydrogen-bond donors (Lipinski definition) is 0. The second-order valence-corrected chi connectivity index (χ2v) is 7.61. The summed E-state index contributed by atoms with van der Waals surface area (Å²) in [6, 6.07) is 7.11. The van der Waals surface area contributed by atoms with E-state index < -0.39 is 0 Å². The highest BCUT2D eigenvalue weighted by atomic mass is 32.2. The summed E-state index contributed by atoms with van der Waals surface area (Å²) in [6.07, 6.45) is 1.55. The number of hydrogen-bond acceptors (Lipinski definition) is 8. The Kier molecular flexibility index (Phi) is 6.02. The molecule has 3 aromatic rings. The molecule has 1 aromatic carbocycles. The topological polar surface area (TPSA) is 81.9 Å². The largest absolute Gasteiger partial charge is 0.495 e. The van der Waals surface area contributed by atoms with Gasteiger partial charge in [0, 0.05) is 6.92 Å². The molecule has 0 fully saturated rings. The number of furan rings is 1. The smallest absolute Gasteiger partial charge is 0.239 e. The first-order valence-electron chi connectivity index (χ1n) is 8.01. The van der Waals surface area contributed by atoms with Crippen molar-refractivity contribution in [3.05, 3.63) is 36.3 Å². The SMILES string of the molecule is COc1ccc(OC)c2sc(N(Cc3ccco3)C(=O)CSC(C)=O)nc12. The fourth-order valence-corrected chi connectivity index (χ4v) is 4.03. The second-order valence-electron chi connectivity index (χ2n) is 5.48. The van der Waals surface area contributed by atoms with E-state index in [1.165, 1.54) is 23.2 Å². The zero-order valence-corrected chi connectivity index (χ0v) is 16.7. The molecule has 0 bridgehead atoms. The first-order valence-corrected chi connectivity index (χ1v) is 9.81. The lowest BCUT2D eigenvalue weighted by molar-refractivity contribution is -0.116. The molecule has 27 heavy (non-hydrogen) atoms. The van der Waals surface area contributed by atoms with E-state index in [1.807, 2.05) is 0 Å². The highest BCUT2D eigenvalue weighted by Crippen LogP contribution is 2.40. The molecule has 9 heteroatoms. The molecule has 0 saturated carbocycles. The molecule has 0 aliphatic rings. The van der Waals surface area contributed by atoms with E-state index in [0.717, 1.165) is 16.5 Å². The summed E-state index contributed by atoms with van der Waals surface area (Å²) in [5, 5.41) is 0.368. The van der Waals surface area contributed by atoms with Gasteiger partial charge in [0.1, 0.15) is 27.5 Å². The van der Waals surface area contributed by atoms with Crippen LogP contribution in [0.25, 0.3) is 10.2 Å². The van der Waals surface area contributed by atoms with Crippen LogP contribution in [0.15, 0.2) is 34.9 Å². The summed E-state index contributed by atoms with van der Waals surface area (Å²) < 4.78 is 17.0. The number of carbonyl (C=O) groups is 2. The Balaban J connectivity index is 2.02. The molecule has 7 nitrogen and oxygen atoms in total. The number of thiazole rings is 1. The average molecular weight is 406 g/mol. The summed E-state index contributed by atoms with van der Waals surface area (Å²) in [5.74, 6) is 1.66. The van der Waals surface area contributed by atoms with Crippen LogP contribution in [0, 0.1) is 0 Å². The van der Waals surface area contributed by atoms with Crippen LogP contribution in [0.5, 0.6) is 11.5 Å². The Morgan fingerprint density at radius 2 is 1.96 bits per heavy atom. The van der Waals surface area contributed by atoms with Crippen LogP contribution in [-0.2, 0) is 16.1 Å². The number of ether oxygens (including phenoxy) is 2. The predicted molar refractivity (Wildman–Crippen MR) is 106 cm³/mol. The zero-order chi connectivity index (χ0) is 19.4. The van der Waals surface area contributed by atoms with Gasteiger partial charge in [-0.1, -0.05) is 23.1 Å². The summed E-state index contributed by atoms with van der Waals surface area (Å²) in [4.78, 5) is 30.2. The van der Waals surface area contributed by atoms with E-state index in [4.69, 9.17) is 13.9 Å². The molecule has 0 aliphatic carbocycles. The summed E-state index contributed by atoms with van der Waals surface area (Å²) in [5.41, 5.74) is 0.619. The summed E-state index contributed by atoms with van der Waals surface area (Å²) >= 11 is 2.29. The number of carbonyl (C=O) groups excluding carboxylic acids is 2. The lowest BCUT2D eigenvalue weighted by Crippen LogP contribution is -2.32. The molecule has 0 unspecified atom stereocenters. The fourth-order valence-electron chi connectivity index (χ4n) is 2.45. The number of nitrogens with zero attached hydrogens (tertiary/aromatic N) is 2. The van der Waals surface area contributed by atoms with Crippen LogP contribution >= 0.6 is 23.1 Å². The number of benzene rings is 1. The van der Waals surface area contributed by atoms with Crippen LogP contribution < -0.4 is 14.4 Å². The minimum atomic E-state index is -0.233. The van der Waals surface area contributed by atoms with Gasteiger partial charge in [-0.3, -0.25) is 14.5 Å². The molecule has 1 amide bonds. The molecule has 0 saturated heterocycles. The first-order chi connectivity index (χ1) is 13.0. The van der Waals surface area contributed by atoms with Gasteiger partial charge in [0.05, 0.1) is 32.8 Å². The van der Waals surface area contributed by atoms with Crippen LogP contribution in [-0.4, -0.2) is 36.0 Å². The summed E-state index contributed by atoms with van der Waals surface area (Å²) in [6.45, 7) is 1.65. The maximum Gasteiger partial charge on any atom is 0.239 e. The van der Waals surface area contributed by atoms with E-state index in [-0.39, 0.29) is 23.3 Å². The lowest BCUT2D eigenvalue weighted by Gasteiger charge is -2.18. The zero-order valence-electron chi connectivity index (χ0n) is 15.1. The molecule has 3 rings (SSSR count). The minimum Gasteiger partial charge on any atom is -0.495 e. The molecular formula is C18H18N2O5S2. The Hall–Kier alpha value is -2.52. The molecule has 0 atom stereocenters. The van der Waals surface area contributed by atoms with Gasteiger partial charge in [-0.05, 0) is 24.3 Å². The number of aromatic nitrogens is 1. The molecule has 0 aliphatic heterocycles. The molecular weight excluding hydrogens is 388 g/mol. The Morgan fingerprint density at radius 3 is 2.59 bits per heavy atom. The second kappa shape index (κ2) is 8.45. The summed E-state index contributed by atoms with van der Waals surface area (Å²) in [7, 11) is 3.14. The number of fused-ring (bicyclic) bond motifs is 1. The van der Waals surface area contributed by atoms with E-state index in [9.17, 15) is 9.59 Å². The number of thioether (sulfide) groups is 1.